The number of anilines is 1. The largest absolute Gasteiger partial charge is 0.491 e. The number of hydrogen-bond donors (Lipinski definition) is 2. The van der Waals surface area contributed by atoms with Gasteiger partial charge in [-0.3, -0.25) is 9.59 Å². The monoisotopic (exact) mass is 267 g/mol. The van der Waals surface area contributed by atoms with Gasteiger partial charge >= 0.3 is 5.97 Å². The summed E-state index contributed by atoms with van der Waals surface area (Å²) in [4.78, 5) is 22.2. The summed E-state index contributed by atoms with van der Waals surface area (Å²) in [6, 6.07) is 6.74. The zero-order chi connectivity index (χ0) is 14.3. The second kappa shape index (κ2) is 7.38. The summed E-state index contributed by atoms with van der Waals surface area (Å²) < 4.78 is 10.2. The van der Waals surface area contributed by atoms with Crippen LogP contribution < -0.4 is 10.1 Å². The van der Waals surface area contributed by atoms with Crippen LogP contribution in [-0.2, 0) is 14.3 Å². The van der Waals surface area contributed by atoms with E-state index in [0.29, 0.717) is 24.7 Å². The maximum Gasteiger partial charge on any atom is 0.315 e. The van der Waals surface area contributed by atoms with E-state index >= 15 is 0 Å². The van der Waals surface area contributed by atoms with Gasteiger partial charge < -0.3 is 19.9 Å². The lowest BCUT2D eigenvalue weighted by Crippen LogP contribution is -2.26. The molecule has 6 heteroatoms. The van der Waals surface area contributed by atoms with E-state index in [1.807, 2.05) is 0 Å². The van der Waals surface area contributed by atoms with E-state index in [1.165, 1.54) is 6.92 Å². The Morgan fingerprint density at radius 1 is 1.37 bits per heavy atom. The Hall–Kier alpha value is -2.08. The van der Waals surface area contributed by atoms with Gasteiger partial charge in [-0.05, 0) is 19.1 Å². The number of carboxylic acid groups (broad SMARTS) is 1. The molecule has 19 heavy (non-hydrogen) atoms. The molecule has 0 spiro atoms. The van der Waals surface area contributed by atoms with Gasteiger partial charge in [0.05, 0.1) is 6.61 Å². The molecule has 1 rings (SSSR count). The Kier molecular flexibility index (Phi) is 5.81. The number of hydrogen-bond acceptors (Lipinski definition) is 4. The molecular weight excluding hydrogens is 250 g/mol. The number of rotatable bonds is 7. The highest BCUT2D eigenvalue weighted by Crippen LogP contribution is 2.18. The second-order valence-corrected chi connectivity index (χ2v) is 3.92. The number of amides is 1. The average Bonchev–Trinajstić information content (AvgIpc) is 2.38. The normalized spacial score (nSPS) is 11.7. The summed E-state index contributed by atoms with van der Waals surface area (Å²) >= 11 is 0. The molecule has 0 saturated heterocycles. The molecular formula is C13H17NO5. The average molecular weight is 267 g/mol. The third-order valence-electron chi connectivity index (χ3n) is 2.42. The molecule has 0 radical (unpaired) electrons. The topological polar surface area (TPSA) is 84.9 Å². The predicted molar refractivity (Wildman–Crippen MR) is 69.2 cm³/mol. The third-order valence-corrected chi connectivity index (χ3v) is 2.42. The second-order valence-electron chi connectivity index (χ2n) is 3.92. The fourth-order valence-corrected chi connectivity index (χ4v) is 1.27. The molecule has 1 atom stereocenters. The van der Waals surface area contributed by atoms with Gasteiger partial charge in [0.15, 0.2) is 0 Å². The van der Waals surface area contributed by atoms with Crippen molar-refractivity contribution in [3.63, 3.8) is 0 Å². The molecule has 2 N–H and O–H groups in total. The highest BCUT2D eigenvalue weighted by Gasteiger charge is 2.20. The zero-order valence-corrected chi connectivity index (χ0v) is 10.9. The summed E-state index contributed by atoms with van der Waals surface area (Å²) in [5.74, 6) is -2.25. The maximum atomic E-state index is 11.6. The van der Waals surface area contributed by atoms with Crippen molar-refractivity contribution in [3.8, 4) is 5.75 Å². The smallest absolute Gasteiger partial charge is 0.315 e. The number of carbonyl (C=O) groups excluding carboxylic acids is 1. The van der Waals surface area contributed by atoms with Gasteiger partial charge in [-0.1, -0.05) is 6.07 Å². The van der Waals surface area contributed by atoms with E-state index in [9.17, 15) is 9.59 Å². The number of aliphatic carboxylic acids is 1. The highest BCUT2D eigenvalue weighted by atomic mass is 16.5. The lowest BCUT2D eigenvalue weighted by Gasteiger charge is -2.10. The molecule has 0 heterocycles. The number of carboxylic acids is 1. The lowest BCUT2D eigenvalue weighted by molar-refractivity contribution is -0.144. The van der Waals surface area contributed by atoms with Crippen LogP contribution >= 0.6 is 0 Å². The minimum atomic E-state index is -1.16. The van der Waals surface area contributed by atoms with Crippen molar-refractivity contribution in [2.75, 3.05) is 25.6 Å². The molecule has 0 aromatic heterocycles. The molecule has 0 saturated carbocycles. The van der Waals surface area contributed by atoms with E-state index in [4.69, 9.17) is 14.6 Å². The number of ether oxygens (including phenoxy) is 2. The molecule has 6 nitrogen and oxygen atoms in total. The Morgan fingerprint density at radius 3 is 2.74 bits per heavy atom. The predicted octanol–water partition coefficient (Wildman–Crippen LogP) is 1.37. The summed E-state index contributed by atoms with van der Waals surface area (Å²) in [5, 5.41) is 11.3. The number of nitrogens with one attached hydrogen (secondary N) is 1. The molecule has 1 unspecified atom stereocenters. The van der Waals surface area contributed by atoms with E-state index in [1.54, 1.807) is 31.4 Å². The molecule has 0 aliphatic heterocycles. The molecule has 1 aromatic rings. The van der Waals surface area contributed by atoms with Crippen molar-refractivity contribution in [1.29, 1.82) is 0 Å². The third kappa shape index (κ3) is 4.97. The van der Waals surface area contributed by atoms with Crippen LogP contribution in [0, 0.1) is 5.92 Å². The van der Waals surface area contributed by atoms with E-state index in [-0.39, 0.29) is 0 Å². The van der Waals surface area contributed by atoms with Gasteiger partial charge in [0, 0.05) is 18.9 Å². The van der Waals surface area contributed by atoms with Crippen molar-refractivity contribution < 1.29 is 24.2 Å². The first-order valence-electron chi connectivity index (χ1n) is 5.80. The summed E-state index contributed by atoms with van der Waals surface area (Å²) in [7, 11) is 1.58. The van der Waals surface area contributed by atoms with Crippen LogP contribution in [0.2, 0.25) is 0 Å². The van der Waals surface area contributed by atoms with Gasteiger partial charge in [0.2, 0.25) is 5.91 Å². The summed E-state index contributed by atoms with van der Waals surface area (Å²) in [6.07, 6.45) is 0. The SMILES string of the molecule is COCCOc1cccc(NC(=O)C(C)C(=O)O)c1. The van der Waals surface area contributed by atoms with Gasteiger partial charge in [0.25, 0.3) is 0 Å². The first kappa shape index (κ1) is 15.0. The van der Waals surface area contributed by atoms with Crippen molar-refractivity contribution in [2.24, 2.45) is 5.92 Å². The Bertz CT molecular complexity index is 446. The van der Waals surface area contributed by atoms with Gasteiger partial charge in [-0.15, -0.1) is 0 Å². The van der Waals surface area contributed by atoms with Crippen LogP contribution in [0.4, 0.5) is 5.69 Å². The molecule has 1 aromatic carbocycles. The standard InChI is InChI=1S/C13H17NO5/c1-9(13(16)17)12(15)14-10-4-3-5-11(8-10)19-7-6-18-2/h3-5,8-9H,6-7H2,1-2H3,(H,14,15)(H,16,17). The van der Waals surface area contributed by atoms with E-state index < -0.39 is 17.8 Å². The van der Waals surface area contributed by atoms with Gasteiger partial charge in [-0.25, -0.2) is 0 Å². The molecule has 0 fully saturated rings. The summed E-state index contributed by atoms with van der Waals surface area (Å²) in [5.41, 5.74) is 0.494. The van der Waals surface area contributed by atoms with Crippen molar-refractivity contribution in [1.82, 2.24) is 0 Å². The number of benzene rings is 1. The molecule has 104 valence electrons. The van der Waals surface area contributed by atoms with Crippen LogP contribution in [0.3, 0.4) is 0 Å². The minimum absolute atomic E-state index is 0.402. The minimum Gasteiger partial charge on any atom is -0.491 e. The van der Waals surface area contributed by atoms with Crippen LogP contribution in [0.25, 0.3) is 0 Å². The fourth-order valence-electron chi connectivity index (χ4n) is 1.27. The number of methoxy groups -OCH3 is 1. The Labute approximate surface area is 111 Å². The fraction of sp³-hybridized carbons (Fsp3) is 0.385. The van der Waals surface area contributed by atoms with Crippen molar-refractivity contribution >= 4 is 17.6 Å². The van der Waals surface area contributed by atoms with Crippen LogP contribution in [0.1, 0.15) is 6.92 Å². The Morgan fingerprint density at radius 2 is 2.11 bits per heavy atom. The van der Waals surface area contributed by atoms with Crippen LogP contribution in [0.15, 0.2) is 24.3 Å². The first-order chi connectivity index (χ1) is 9.04. The number of carbonyl (C=O) groups is 2. The van der Waals surface area contributed by atoms with Crippen LogP contribution in [-0.4, -0.2) is 37.3 Å². The summed E-state index contributed by atoms with van der Waals surface area (Å²) in [6.45, 7) is 2.20. The van der Waals surface area contributed by atoms with Crippen LogP contribution in [0.5, 0.6) is 5.75 Å². The van der Waals surface area contributed by atoms with E-state index in [0.717, 1.165) is 0 Å². The van der Waals surface area contributed by atoms with Gasteiger partial charge in [0.1, 0.15) is 18.3 Å². The highest BCUT2D eigenvalue weighted by molar-refractivity contribution is 6.03. The molecule has 0 aliphatic carbocycles. The van der Waals surface area contributed by atoms with Gasteiger partial charge in [-0.2, -0.15) is 0 Å². The maximum absolute atomic E-state index is 11.6. The first-order valence-corrected chi connectivity index (χ1v) is 5.80. The van der Waals surface area contributed by atoms with Crippen molar-refractivity contribution in [3.05, 3.63) is 24.3 Å². The van der Waals surface area contributed by atoms with E-state index in [2.05, 4.69) is 5.32 Å². The lowest BCUT2D eigenvalue weighted by atomic mass is 10.1. The van der Waals surface area contributed by atoms with Crippen molar-refractivity contribution in [2.45, 2.75) is 6.92 Å². The molecule has 0 aliphatic rings. The Balaban J connectivity index is 2.61. The zero-order valence-electron chi connectivity index (χ0n) is 10.9. The quantitative estimate of drug-likeness (QED) is 0.575. The molecule has 0 bridgehead atoms. The molecule has 1 amide bonds.